The predicted molar refractivity (Wildman–Crippen MR) is 41.4 cm³/mol. The van der Waals surface area contributed by atoms with Crippen LogP contribution in [0.5, 0.6) is 0 Å². The molecule has 0 bridgehead atoms. The predicted octanol–water partition coefficient (Wildman–Crippen LogP) is 2.01. The number of carbonyl (C=O) groups is 1. The highest BCUT2D eigenvalue weighted by Crippen LogP contribution is 2.12. The zero-order chi connectivity index (χ0) is 7.98. The summed E-state index contributed by atoms with van der Waals surface area (Å²) in [6.07, 6.45) is 3.79. The third-order valence-corrected chi connectivity index (χ3v) is 1.65. The van der Waals surface area contributed by atoms with Crippen LogP contribution in [-0.2, 0) is 4.79 Å². The van der Waals surface area contributed by atoms with Gasteiger partial charge in [0.25, 0.3) is 0 Å². The molecule has 59 valence electrons. The molecule has 1 N–H and O–H groups in total. The molecule has 1 radical (unpaired) electrons. The SMILES string of the molecule is CCCC(CCC)C([NH])=O. The van der Waals surface area contributed by atoms with Crippen LogP contribution in [0.15, 0.2) is 0 Å². The molecular weight excluding hydrogens is 126 g/mol. The largest absolute Gasteiger partial charge is 0.273 e. The van der Waals surface area contributed by atoms with Crippen molar-refractivity contribution < 1.29 is 4.79 Å². The van der Waals surface area contributed by atoms with Gasteiger partial charge in [0.2, 0.25) is 5.91 Å². The van der Waals surface area contributed by atoms with Crippen LogP contribution in [0.2, 0.25) is 0 Å². The zero-order valence-electron chi connectivity index (χ0n) is 6.81. The lowest BCUT2D eigenvalue weighted by molar-refractivity contribution is -0.122. The van der Waals surface area contributed by atoms with Crippen LogP contribution in [0, 0.1) is 5.92 Å². The molecule has 2 nitrogen and oxygen atoms in total. The van der Waals surface area contributed by atoms with Gasteiger partial charge in [-0.1, -0.05) is 26.7 Å². The van der Waals surface area contributed by atoms with E-state index in [9.17, 15) is 4.79 Å². The maximum absolute atomic E-state index is 10.6. The van der Waals surface area contributed by atoms with Crippen LogP contribution >= 0.6 is 0 Å². The number of hydrogen-bond donors (Lipinski definition) is 0. The molecule has 0 aliphatic heterocycles. The Morgan fingerprint density at radius 1 is 1.30 bits per heavy atom. The van der Waals surface area contributed by atoms with Crippen LogP contribution in [-0.4, -0.2) is 5.91 Å². The Morgan fingerprint density at radius 3 is 1.90 bits per heavy atom. The van der Waals surface area contributed by atoms with E-state index in [1.54, 1.807) is 0 Å². The second-order valence-corrected chi connectivity index (χ2v) is 2.64. The topological polar surface area (TPSA) is 40.9 Å². The zero-order valence-corrected chi connectivity index (χ0v) is 6.81. The van der Waals surface area contributed by atoms with Crippen LogP contribution in [0.4, 0.5) is 0 Å². The molecule has 0 saturated carbocycles. The number of rotatable bonds is 5. The molecule has 0 aromatic rings. The number of nitrogens with one attached hydrogen (secondary N) is 1. The van der Waals surface area contributed by atoms with E-state index in [4.69, 9.17) is 5.73 Å². The van der Waals surface area contributed by atoms with Gasteiger partial charge < -0.3 is 0 Å². The first kappa shape index (κ1) is 9.47. The summed E-state index contributed by atoms with van der Waals surface area (Å²) in [5, 5.41) is 0. The minimum Gasteiger partial charge on any atom is -0.273 e. The Labute approximate surface area is 62.8 Å². The minimum atomic E-state index is -0.385. The van der Waals surface area contributed by atoms with Gasteiger partial charge in [0.15, 0.2) is 0 Å². The molecule has 0 spiro atoms. The summed E-state index contributed by atoms with van der Waals surface area (Å²) in [7, 11) is 0. The Morgan fingerprint density at radius 2 is 1.70 bits per heavy atom. The molecule has 0 saturated heterocycles. The molecule has 2 heteroatoms. The first-order valence-corrected chi connectivity index (χ1v) is 3.97. The van der Waals surface area contributed by atoms with Gasteiger partial charge in [-0.15, -0.1) is 0 Å². The van der Waals surface area contributed by atoms with Crippen LogP contribution < -0.4 is 5.73 Å². The number of hydrogen-bond acceptors (Lipinski definition) is 1. The molecule has 0 heterocycles. The highest BCUT2D eigenvalue weighted by atomic mass is 16.1. The van der Waals surface area contributed by atoms with Gasteiger partial charge >= 0.3 is 0 Å². The summed E-state index contributed by atoms with van der Waals surface area (Å²) in [5.41, 5.74) is 6.90. The van der Waals surface area contributed by atoms with E-state index in [1.807, 2.05) is 13.8 Å². The summed E-state index contributed by atoms with van der Waals surface area (Å²) in [5.74, 6) is -0.376. The van der Waals surface area contributed by atoms with Crippen molar-refractivity contribution in [1.29, 1.82) is 0 Å². The van der Waals surface area contributed by atoms with Gasteiger partial charge in [0.05, 0.1) is 0 Å². The van der Waals surface area contributed by atoms with E-state index in [1.165, 1.54) is 0 Å². The highest BCUT2D eigenvalue weighted by Gasteiger charge is 2.12. The summed E-state index contributed by atoms with van der Waals surface area (Å²) in [4.78, 5) is 10.6. The molecular formula is C8H16NO. The average Bonchev–Trinajstić information content (AvgIpc) is 1.87. The fourth-order valence-corrected chi connectivity index (χ4v) is 1.10. The highest BCUT2D eigenvalue weighted by molar-refractivity contribution is 5.75. The molecule has 0 unspecified atom stereocenters. The Kier molecular flexibility index (Phi) is 4.99. The van der Waals surface area contributed by atoms with Gasteiger partial charge in [0.1, 0.15) is 0 Å². The molecule has 0 aromatic carbocycles. The molecule has 1 amide bonds. The van der Waals surface area contributed by atoms with Crippen molar-refractivity contribution in [2.45, 2.75) is 39.5 Å². The van der Waals surface area contributed by atoms with Gasteiger partial charge in [-0.2, -0.15) is 0 Å². The summed E-state index contributed by atoms with van der Waals surface area (Å²) < 4.78 is 0. The lowest BCUT2D eigenvalue weighted by Gasteiger charge is -2.08. The summed E-state index contributed by atoms with van der Waals surface area (Å²) >= 11 is 0. The molecule has 0 rings (SSSR count). The third kappa shape index (κ3) is 3.49. The fourth-order valence-electron chi connectivity index (χ4n) is 1.10. The maximum atomic E-state index is 10.6. The average molecular weight is 142 g/mol. The molecule has 0 aromatic heterocycles. The van der Waals surface area contributed by atoms with Crippen molar-refractivity contribution in [2.75, 3.05) is 0 Å². The van der Waals surface area contributed by atoms with E-state index in [0.717, 1.165) is 25.7 Å². The van der Waals surface area contributed by atoms with Crippen LogP contribution in [0.1, 0.15) is 39.5 Å². The third-order valence-electron chi connectivity index (χ3n) is 1.65. The van der Waals surface area contributed by atoms with Gasteiger partial charge in [0, 0.05) is 5.92 Å². The van der Waals surface area contributed by atoms with Gasteiger partial charge in [-0.05, 0) is 12.8 Å². The van der Waals surface area contributed by atoms with E-state index in [-0.39, 0.29) is 11.8 Å². The quantitative estimate of drug-likeness (QED) is 0.579. The number of amides is 1. The first-order chi connectivity index (χ1) is 4.72. The van der Waals surface area contributed by atoms with Crippen molar-refractivity contribution in [3.8, 4) is 0 Å². The summed E-state index contributed by atoms with van der Waals surface area (Å²) in [6, 6.07) is 0. The standard InChI is InChI=1S/C8H16NO/c1-3-5-7(6-4-2)8(9)10/h7,9H,3-6H2,1-2H3. The minimum absolute atomic E-state index is 0.00926. The Bertz CT molecular complexity index is 95.4. The maximum Gasteiger partial charge on any atom is 0.241 e. The second-order valence-electron chi connectivity index (χ2n) is 2.64. The van der Waals surface area contributed by atoms with Crippen molar-refractivity contribution in [3.05, 3.63) is 0 Å². The van der Waals surface area contributed by atoms with E-state index in [2.05, 4.69) is 0 Å². The number of carbonyl (C=O) groups excluding carboxylic acids is 1. The lowest BCUT2D eigenvalue weighted by atomic mass is 9.98. The Hall–Kier alpha value is -0.530. The van der Waals surface area contributed by atoms with E-state index < -0.39 is 0 Å². The van der Waals surface area contributed by atoms with Crippen molar-refractivity contribution >= 4 is 5.91 Å². The van der Waals surface area contributed by atoms with E-state index in [0.29, 0.717) is 0 Å². The van der Waals surface area contributed by atoms with Crippen molar-refractivity contribution in [2.24, 2.45) is 5.92 Å². The molecule has 0 aliphatic rings. The van der Waals surface area contributed by atoms with E-state index >= 15 is 0 Å². The monoisotopic (exact) mass is 142 g/mol. The van der Waals surface area contributed by atoms with Crippen LogP contribution in [0.3, 0.4) is 0 Å². The second kappa shape index (κ2) is 5.27. The van der Waals surface area contributed by atoms with Gasteiger partial charge in [-0.3, -0.25) is 10.5 Å². The molecule has 0 aliphatic carbocycles. The van der Waals surface area contributed by atoms with Crippen molar-refractivity contribution in [1.82, 2.24) is 5.73 Å². The normalized spacial score (nSPS) is 10.3. The van der Waals surface area contributed by atoms with Crippen molar-refractivity contribution in [3.63, 3.8) is 0 Å². The summed E-state index contributed by atoms with van der Waals surface area (Å²) in [6.45, 7) is 4.09. The molecule has 0 fully saturated rings. The fraction of sp³-hybridized carbons (Fsp3) is 0.875. The van der Waals surface area contributed by atoms with Gasteiger partial charge in [-0.25, -0.2) is 0 Å². The molecule has 0 atom stereocenters. The molecule has 10 heavy (non-hydrogen) atoms. The smallest absolute Gasteiger partial charge is 0.241 e. The lowest BCUT2D eigenvalue weighted by Crippen LogP contribution is -2.14. The Balaban J connectivity index is 3.61. The van der Waals surface area contributed by atoms with Crippen LogP contribution in [0.25, 0.3) is 0 Å². The first-order valence-electron chi connectivity index (χ1n) is 3.97.